The number of benzene rings is 2. The molecule has 0 aromatic heterocycles. The molecule has 0 spiro atoms. The second kappa shape index (κ2) is 8.49. The van der Waals surface area contributed by atoms with Crippen molar-refractivity contribution in [2.24, 2.45) is 0 Å². The number of hydrogen-bond acceptors (Lipinski definition) is 2. The maximum atomic E-state index is 6.73. The molecule has 29 heavy (non-hydrogen) atoms. The average molecular weight is 406 g/mol. The van der Waals surface area contributed by atoms with Crippen LogP contribution in [0.5, 0.6) is 0 Å². The molecule has 1 aliphatic carbocycles. The van der Waals surface area contributed by atoms with E-state index < -0.39 is 8.32 Å². The van der Waals surface area contributed by atoms with Crippen molar-refractivity contribution in [1.29, 1.82) is 0 Å². The molecule has 3 atom stereocenters. The molecular formula is C26H35NOSi. The van der Waals surface area contributed by atoms with Gasteiger partial charge < -0.3 is 4.43 Å². The van der Waals surface area contributed by atoms with Gasteiger partial charge in [-0.15, -0.1) is 0 Å². The topological polar surface area (TPSA) is 12.5 Å². The molecule has 1 aliphatic heterocycles. The molecule has 0 saturated heterocycles. The molecule has 0 N–H and O–H groups in total. The van der Waals surface area contributed by atoms with E-state index in [-0.39, 0.29) is 0 Å². The van der Waals surface area contributed by atoms with Crippen molar-refractivity contribution < 1.29 is 4.43 Å². The van der Waals surface area contributed by atoms with Gasteiger partial charge >= 0.3 is 0 Å². The van der Waals surface area contributed by atoms with E-state index >= 15 is 0 Å². The number of rotatable bonds is 5. The Kier molecular flexibility index (Phi) is 5.98. The molecule has 4 rings (SSSR count). The smallest absolute Gasteiger partial charge is 0.241 e. The first-order chi connectivity index (χ1) is 13.9. The van der Waals surface area contributed by atoms with Crippen LogP contribution in [-0.2, 0) is 4.43 Å². The fourth-order valence-electron chi connectivity index (χ4n) is 5.16. The van der Waals surface area contributed by atoms with Crippen LogP contribution in [0, 0.1) is 0 Å². The Balaban J connectivity index is 1.79. The standard InChI is InChI=1S/C26H35NOSi/c1-20(21-13-7-5-8-14-21)27-24-18-12-11-17-23(24)26(28-29(2,3)4)19-25(27)22-15-9-6-10-16-22/h5-10,13-16,20,24-25H,11-12,17-19H2,1-4H3/t20-,24-,25-/m1/s1. The summed E-state index contributed by atoms with van der Waals surface area (Å²) in [5, 5.41) is 0. The Labute approximate surface area is 177 Å². The summed E-state index contributed by atoms with van der Waals surface area (Å²) in [7, 11) is -1.64. The lowest BCUT2D eigenvalue weighted by molar-refractivity contribution is 0.0614. The van der Waals surface area contributed by atoms with Crippen LogP contribution in [0.1, 0.15) is 62.2 Å². The third-order valence-corrected chi connectivity index (χ3v) is 7.23. The van der Waals surface area contributed by atoms with E-state index in [1.54, 1.807) is 5.57 Å². The monoisotopic (exact) mass is 405 g/mol. The maximum absolute atomic E-state index is 6.73. The number of fused-ring (bicyclic) bond motifs is 1. The van der Waals surface area contributed by atoms with Gasteiger partial charge in [0.15, 0.2) is 0 Å². The summed E-state index contributed by atoms with van der Waals surface area (Å²) in [6, 6.07) is 23.4. The van der Waals surface area contributed by atoms with E-state index in [0.29, 0.717) is 18.1 Å². The molecule has 3 heteroatoms. The van der Waals surface area contributed by atoms with E-state index in [0.717, 1.165) is 6.42 Å². The molecule has 0 bridgehead atoms. The van der Waals surface area contributed by atoms with Gasteiger partial charge in [-0.1, -0.05) is 67.1 Å². The normalized spacial score (nSPS) is 24.1. The highest BCUT2D eigenvalue weighted by molar-refractivity contribution is 6.70. The molecule has 154 valence electrons. The van der Waals surface area contributed by atoms with E-state index in [1.807, 2.05) is 0 Å². The van der Waals surface area contributed by atoms with Gasteiger partial charge in [-0.25, -0.2) is 0 Å². The fourth-order valence-corrected chi connectivity index (χ4v) is 6.12. The Morgan fingerprint density at radius 2 is 1.55 bits per heavy atom. The molecule has 0 unspecified atom stereocenters. The molecule has 2 nitrogen and oxygen atoms in total. The first-order valence-corrected chi connectivity index (χ1v) is 14.6. The third kappa shape index (κ3) is 4.51. The van der Waals surface area contributed by atoms with Crippen LogP contribution in [0.4, 0.5) is 0 Å². The van der Waals surface area contributed by atoms with Gasteiger partial charge in [0.05, 0.1) is 5.76 Å². The average Bonchev–Trinajstić information content (AvgIpc) is 2.73. The Morgan fingerprint density at radius 3 is 2.21 bits per heavy atom. The lowest BCUT2D eigenvalue weighted by Gasteiger charge is -2.50. The van der Waals surface area contributed by atoms with Crippen molar-refractivity contribution in [2.75, 3.05) is 0 Å². The number of hydrogen-bond donors (Lipinski definition) is 0. The van der Waals surface area contributed by atoms with Crippen molar-refractivity contribution in [2.45, 2.75) is 76.8 Å². The van der Waals surface area contributed by atoms with Crippen LogP contribution in [0.25, 0.3) is 0 Å². The molecule has 1 fully saturated rings. The highest BCUT2D eigenvalue weighted by atomic mass is 28.4. The lowest BCUT2D eigenvalue weighted by atomic mass is 9.80. The fraction of sp³-hybridized carbons (Fsp3) is 0.462. The van der Waals surface area contributed by atoms with E-state index in [4.69, 9.17) is 4.43 Å². The summed E-state index contributed by atoms with van der Waals surface area (Å²) in [5.41, 5.74) is 4.41. The second-order valence-corrected chi connectivity index (χ2v) is 14.0. The number of nitrogens with zero attached hydrogens (tertiary/aromatic N) is 1. The van der Waals surface area contributed by atoms with E-state index in [2.05, 4.69) is 92.1 Å². The lowest BCUT2D eigenvalue weighted by Crippen LogP contribution is -2.47. The molecule has 2 aromatic rings. The van der Waals surface area contributed by atoms with Crippen molar-refractivity contribution >= 4 is 8.32 Å². The predicted octanol–water partition coefficient (Wildman–Crippen LogP) is 7.24. The van der Waals surface area contributed by atoms with Crippen LogP contribution in [0.15, 0.2) is 72.0 Å². The first-order valence-electron chi connectivity index (χ1n) is 11.2. The minimum atomic E-state index is -1.64. The molecule has 2 aromatic carbocycles. The highest BCUT2D eigenvalue weighted by Crippen LogP contribution is 2.48. The highest BCUT2D eigenvalue weighted by Gasteiger charge is 2.41. The van der Waals surface area contributed by atoms with Crippen molar-refractivity contribution in [3.05, 3.63) is 83.1 Å². The SMILES string of the molecule is C[C@H](c1ccccc1)N1[C@@H]2CCCCC2=C(O[Si](C)(C)C)C[C@@H]1c1ccccc1. The molecule has 2 aliphatic rings. The quantitative estimate of drug-likeness (QED) is 0.486. The second-order valence-electron chi connectivity index (χ2n) is 9.59. The summed E-state index contributed by atoms with van der Waals surface area (Å²) in [6.45, 7) is 9.33. The summed E-state index contributed by atoms with van der Waals surface area (Å²) in [4.78, 5) is 2.80. The van der Waals surface area contributed by atoms with Crippen LogP contribution >= 0.6 is 0 Å². The van der Waals surface area contributed by atoms with Crippen LogP contribution in [-0.4, -0.2) is 19.3 Å². The van der Waals surface area contributed by atoms with Gasteiger partial charge in [0.2, 0.25) is 8.32 Å². The van der Waals surface area contributed by atoms with Crippen LogP contribution < -0.4 is 0 Å². The van der Waals surface area contributed by atoms with Gasteiger partial charge in [-0.05, 0) is 62.5 Å². The molecule has 1 heterocycles. The third-order valence-electron chi connectivity index (χ3n) is 6.38. The summed E-state index contributed by atoms with van der Waals surface area (Å²) in [6.07, 6.45) is 6.05. The first kappa shape index (κ1) is 20.4. The Morgan fingerprint density at radius 1 is 0.897 bits per heavy atom. The zero-order valence-corrected chi connectivity index (χ0v) is 19.4. The van der Waals surface area contributed by atoms with Crippen LogP contribution in [0.3, 0.4) is 0 Å². The van der Waals surface area contributed by atoms with Gasteiger partial charge in [-0.2, -0.15) is 0 Å². The van der Waals surface area contributed by atoms with E-state index in [1.165, 1.54) is 42.6 Å². The molecule has 1 saturated carbocycles. The molecular weight excluding hydrogens is 370 g/mol. The minimum Gasteiger partial charge on any atom is -0.547 e. The molecule has 0 amide bonds. The van der Waals surface area contributed by atoms with Gasteiger partial charge in [-0.3, -0.25) is 4.90 Å². The van der Waals surface area contributed by atoms with Crippen molar-refractivity contribution in [3.8, 4) is 0 Å². The van der Waals surface area contributed by atoms with Gasteiger partial charge in [0.1, 0.15) is 0 Å². The minimum absolute atomic E-state index is 0.365. The van der Waals surface area contributed by atoms with Crippen LogP contribution in [0.2, 0.25) is 19.6 Å². The Bertz CT molecular complexity index is 840. The maximum Gasteiger partial charge on any atom is 0.241 e. The van der Waals surface area contributed by atoms with Gasteiger partial charge in [0.25, 0.3) is 0 Å². The zero-order valence-electron chi connectivity index (χ0n) is 18.4. The zero-order chi connectivity index (χ0) is 20.4. The summed E-state index contributed by atoms with van der Waals surface area (Å²) < 4.78 is 6.73. The van der Waals surface area contributed by atoms with Crippen molar-refractivity contribution in [3.63, 3.8) is 0 Å². The molecule has 0 radical (unpaired) electrons. The Hall–Kier alpha value is -1.84. The summed E-state index contributed by atoms with van der Waals surface area (Å²) >= 11 is 0. The largest absolute Gasteiger partial charge is 0.547 e. The van der Waals surface area contributed by atoms with Crippen molar-refractivity contribution in [1.82, 2.24) is 4.90 Å². The predicted molar refractivity (Wildman–Crippen MR) is 124 cm³/mol. The van der Waals surface area contributed by atoms with Gasteiger partial charge in [0, 0.05) is 24.5 Å². The summed E-state index contributed by atoms with van der Waals surface area (Å²) in [5.74, 6) is 1.32. The van der Waals surface area contributed by atoms with E-state index in [9.17, 15) is 0 Å².